The van der Waals surface area contributed by atoms with E-state index in [2.05, 4.69) is 25.9 Å². The Kier molecular flexibility index (Phi) is 7.28. The normalized spacial score (nSPS) is 14.6. The number of hydrogen-bond donors (Lipinski definition) is 2. The zero-order valence-corrected chi connectivity index (χ0v) is 21.3. The van der Waals surface area contributed by atoms with Crippen LogP contribution in [0.3, 0.4) is 0 Å². The number of ether oxygens (including phenoxy) is 2. The Bertz CT molecular complexity index is 1160. The number of nitrogens with one attached hydrogen (secondary N) is 1. The second-order valence-electron chi connectivity index (χ2n) is 8.04. The summed E-state index contributed by atoms with van der Waals surface area (Å²) in [4.78, 5) is 26.9. The number of hydrogen-bond acceptors (Lipinski definition) is 7. The van der Waals surface area contributed by atoms with Gasteiger partial charge in [0.05, 0.1) is 20.8 Å². The summed E-state index contributed by atoms with van der Waals surface area (Å²) in [6.07, 6.45) is 4.82. The van der Waals surface area contributed by atoms with Gasteiger partial charge < -0.3 is 25.1 Å². The second-order valence-corrected chi connectivity index (χ2v) is 9.93. The van der Waals surface area contributed by atoms with E-state index in [9.17, 15) is 4.79 Å². The molecule has 4 rings (SSSR count). The van der Waals surface area contributed by atoms with Gasteiger partial charge in [0.25, 0.3) is 5.65 Å². The van der Waals surface area contributed by atoms with Gasteiger partial charge in [-0.1, -0.05) is 9.97 Å². The van der Waals surface area contributed by atoms with Gasteiger partial charge in [-0.25, -0.2) is 4.57 Å². The number of nitrogens with two attached hydrogens (primary N) is 1. The van der Waals surface area contributed by atoms with Crippen molar-refractivity contribution in [2.45, 2.75) is 42.8 Å². The number of piperidine rings is 1. The molecule has 1 fully saturated rings. The first-order valence-corrected chi connectivity index (χ1v) is 12.4. The van der Waals surface area contributed by atoms with E-state index in [1.54, 1.807) is 27.5 Å². The molecule has 3 aromatic rings. The number of aromatic nitrogens is 4. The van der Waals surface area contributed by atoms with E-state index in [0.717, 1.165) is 59.4 Å². The highest BCUT2D eigenvalue weighted by atomic mass is 79.9. The first kappa shape index (κ1) is 23.6. The molecule has 1 aliphatic rings. The van der Waals surface area contributed by atoms with Gasteiger partial charge in [-0.2, -0.15) is 0 Å². The number of amides is 1. The van der Waals surface area contributed by atoms with Crippen LogP contribution in [0.5, 0.6) is 11.5 Å². The maximum absolute atomic E-state index is 11.6. The van der Waals surface area contributed by atoms with Crippen LogP contribution in [-0.4, -0.2) is 53.1 Å². The maximum atomic E-state index is 11.6. The number of rotatable bonds is 7. The molecule has 33 heavy (non-hydrogen) atoms. The molecule has 1 amide bonds. The molecule has 0 spiro atoms. The average molecular weight is 536 g/mol. The molecule has 1 saturated heterocycles. The highest BCUT2D eigenvalue weighted by molar-refractivity contribution is 9.10. The van der Waals surface area contributed by atoms with Gasteiger partial charge in [-0.3, -0.25) is 4.79 Å². The molecule has 0 atom stereocenters. The van der Waals surface area contributed by atoms with Crippen molar-refractivity contribution in [1.82, 2.24) is 19.9 Å². The summed E-state index contributed by atoms with van der Waals surface area (Å²) in [5, 5.41) is 0.709. The van der Waals surface area contributed by atoms with Crippen molar-refractivity contribution in [2.24, 2.45) is 5.92 Å². The fraction of sp³-hybridized carbons (Fsp3) is 0.455. The molecule has 3 heterocycles. The largest absolute Gasteiger partial charge is 0.493 e. The number of benzene rings is 1. The predicted octanol–water partition coefficient (Wildman–Crippen LogP) is 3.41. The lowest BCUT2D eigenvalue weighted by atomic mass is 9.93. The molecule has 2 aromatic heterocycles. The monoisotopic (exact) mass is 535 g/mol. The van der Waals surface area contributed by atoms with Crippen molar-refractivity contribution in [3.63, 3.8) is 0 Å². The van der Waals surface area contributed by atoms with Crippen molar-refractivity contribution in [1.29, 1.82) is 0 Å². The number of likely N-dealkylation sites (tertiary alicyclic amines) is 1. The molecular weight excluding hydrogens is 508 g/mol. The van der Waals surface area contributed by atoms with E-state index in [-0.39, 0.29) is 5.91 Å². The van der Waals surface area contributed by atoms with E-state index >= 15 is 0 Å². The number of nitrogen functional groups attached to an aromatic ring is 1. The number of methoxy groups -OCH3 is 2. The number of anilines is 1. The molecular formula is C22H28BrN6O3S+. The lowest BCUT2D eigenvalue weighted by molar-refractivity contribution is -0.677. The third-order valence-corrected chi connectivity index (χ3v) is 7.87. The summed E-state index contributed by atoms with van der Waals surface area (Å²) < 4.78 is 13.7. The minimum atomic E-state index is 0.162. The van der Waals surface area contributed by atoms with Crippen molar-refractivity contribution in [3.05, 3.63) is 22.9 Å². The maximum Gasteiger partial charge on any atom is 0.294 e. The van der Waals surface area contributed by atoms with Gasteiger partial charge in [0.2, 0.25) is 23.2 Å². The predicted molar refractivity (Wildman–Crippen MR) is 129 cm³/mol. The Hall–Kier alpha value is -2.53. The number of halogens is 1. The van der Waals surface area contributed by atoms with Gasteiger partial charge in [0, 0.05) is 29.4 Å². The van der Waals surface area contributed by atoms with Crippen LogP contribution in [0.1, 0.15) is 26.2 Å². The summed E-state index contributed by atoms with van der Waals surface area (Å²) in [6, 6.07) is 3.78. The zero-order chi connectivity index (χ0) is 23.5. The highest BCUT2D eigenvalue weighted by Crippen LogP contribution is 2.40. The van der Waals surface area contributed by atoms with Gasteiger partial charge in [-0.05, 0) is 65.0 Å². The molecule has 0 radical (unpaired) electrons. The molecule has 9 nitrogen and oxygen atoms in total. The number of carbonyl (C=O) groups excluding carboxylic acids is 1. The lowest BCUT2D eigenvalue weighted by Gasteiger charge is -2.31. The summed E-state index contributed by atoms with van der Waals surface area (Å²) in [6.45, 7) is 4.11. The van der Waals surface area contributed by atoms with E-state index < -0.39 is 0 Å². The fourth-order valence-electron chi connectivity index (χ4n) is 4.07. The lowest BCUT2D eigenvalue weighted by Crippen LogP contribution is -2.40. The van der Waals surface area contributed by atoms with Gasteiger partial charge in [0.1, 0.15) is 0 Å². The molecule has 0 saturated carbocycles. The molecule has 176 valence electrons. The number of aromatic amines is 1. The van der Waals surface area contributed by atoms with E-state index in [1.165, 1.54) is 11.8 Å². The first-order valence-electron chi connectivity index (χ1n) is 10.8. The third-order valence-electron chi connectivity index (χ3n) is 6.01. The van der Waals surface area contributed by atoms with Crippen molar-refractivity contribution in [2.75, 3.05) is 33.0 Å². The van der Waals surface area contributed by atoms with Crippen molar-refractivity contribution < 1.29 is 18.8 Å². The number of aryl methyl sites for hydroxylation is 1. The fourth-order valence-corrected chi connectivity index (χ4v) is 5.45. The molecule has 1 aliphatic heterocycles. The molecule has 0 unspecified atom stereocenters. The SMILES string of the molecule is COc1cc(Br)c(Sc2nc3c([nH]2)c(N)nc[n+]3CCC2CCN(C(C)=O)CC2)cc1OC. The summed E-state index contributed by atoms with van der Waals surface area (Å²) in [7, 11) is 3.22. The van der Waals surface area contributed by atoms with Crippen LogP contribution in [0.25, 0.3) is 11.2 Å². The van der Waals surface area contributed by atoms with Gasteiger partial charge in [-0.15, -0.1) is 0 Å². The molecule has 3 N–H and O–H groups in total. The second kappa shape index (κ2) is 10.2. The number of fused-ring (bicyclic) bond motifs is 1. The van der Waals surface area contributed by atoms with Crippen molar-refractivity contribution in [3.8, 4) is 11.5 Å². The van der Waals surface area contributed by atoms with E-state index in [4.69, 9.17) is 20.2 Å². The van der Waals surface area contributed by atoms with Crippen LogP contribution in [0, 0.1) is 5.92 Å². The van der Waals surface area contributed by atoms with E-state index in [0.29, 0.717) is 28.4 Å². The standard InChI is InChI=1S/C22H27BrN6O3S/c1-13(30)28-7-4-14(5-8-28)6-9-29-12-25-20(24)19-21(29)27-22(26-19)33-18-11-17(32-3)16(31-2)10-15(18)23/h10-12,14H,4-9H2,1-3H3,(H2,24,26,27)/p+1. The van der Waals surface area contributed by atoms with E-state index in [1.807, 2.05) is 21.6 Å². The third kappa shape index (κ3) is 5.19. The molecule has 1 aromatic carbocycles. The number of H-pyrrole nitrogens is 1. The first-order chi connectivity index (χ1) is 15.9. The Morgan fingerprint density at radius 2 is 2.00 bits per heavy atom. The summed E-state index contributed by atoms with van der Waals surface area (Å²) in [5.41, 5.74) is 7.64. The smallest absolute Gasteiger partial charge is 0.294 e. The van der Waals surface area contributed by atoms with Crippen LogP contribution in [0.15, 0.2) is 33.0 Å². The molecule has 0 aliphatic carbocycles. The Labute approximate surface area is 205 Å². The summed E-state index contributed by atoms with van der Waals surface area (Å²) in [5.74, 6) is 2.46. The van der Waals surface area contributed by atoms with Crippen LogP contribution in [0.2, 0.25) is 0 Å². The minimum absolute atomic E-state index is 0.162. The number of imidazole rings is 1. The number of carbonyl (C=O) groups is 1. The average Bonchev–Trinajstić information content (AvgIpc) is 3.24. The van der Waals surface area contributed by atoms with Crippen LogP contribution in [0.4, 0.5) is 5.82 Å². The highest BCUT2D eigenvalue weighted by Gasteiger charge is 2.24. The van der Waals surface area contributed by atoms with Crippen LogP contribution >= 0.6 is 27.7 Å². The Balaban J connectivity index is 1.52. The summed E-state index contributed by atoms with van der Waals surface area (Å²) >= 11 is 5.07. The van der Waals surface area contributed by atoms with Gasteiger partial charge >= 0.3 is 0 Å². The zero-order valence-electron chi connectivity index (χ0n) is 18.9. The number of nitrogens with zero attached hydrogens (tertiary/aromatic N) is 4. The molecule has 0 bridgehead atoms. The Morgan fingerprint density at radius 3 is 2.67 bits per heavy atom. The van der Waals surface area contributed by atoms with Gasteiger partial charge in [0.15, 0.2) is 17.0 Å². The Morgan fingerprint density at radius 1 is 1.30 bits per heavy atom. The van der Waals surface area contributed by atoms with Crippen LogP contribution in [-0.2, 0) is 11.3 Å². The van der Waals surface area contributed by atoms with Crippen LogP contribution < -0.4 is 19.8 Å². The molecule has 11 heteroatoms. The van der Waals surface area contributed by atoms with Crippen molar-refractivity contribution >= 4 is 50.6 Å². The minimum Gasteiger partial charge on any atom is -0.493 e. The quantitative estimate of drug-likeness (QED) is 0.446. The topological polar surface area (TPSA) is 110 Å².